The van der Waals surface area contributed by atoms with Crippen molar-refractivity contribution in [3.8, 4) is 5.69 Å². The predicted octanol–water partition coefficient (Wildman–Crippen LogP) is 3.24. The van der Waals surface area contributed by atoms with Crippen molar-refractivity contribution in [3.05, 3.63) is 45.2 Å². The molecule has 3 nitrogen and oxygen atoms in total. The van der Waals surface area contributed by atoms with E-state index >= 15 is 0 Å². The van der Waals surface area contributed by atoms with Crippen molar-refractivity contribution in [2.75, 3.05) is 13.6 Å². The molecule has 0 amide bonds. The van der Waals surface area contributed by atoms with Gasteiger partial charge in [-0.05, 0) is 48.0 Å². The Hall–Kier alpha value is -1.13. The lowest BCUT2D eigenvalue weighted by Crippen LogP contribution is -2.26. The number of nitrogens with zero attached hydrogens (tertiary/aromatic N) is 3. The van der Waals surface area contributed by atoms with Crippen LogP contribution in [-0.2, 0) is 13.0 Å². The Kier molecular flexibility index (Phi) is 3.23. The summed E-state index contributed by atoms with van der Waals surface area (Å²) >= 11 is 3.74. The van der Waals surface area contributed by atoms with E-state index in [1.807, 2.05) is 0 Å². The Morgan fingerprint density at radius 2 is 1.89 bits per heavy atom. The first-order valence-corrected chi connectivity index (χ1v) is 7.38. The number of fused-ring (bicyclic) bond motifs is 1. The minimum Gasteiger partial charge on any atom is -0.302 e. The van der Waals surface area contributed by atoms with Gasteiger partial charge in [-0.2, -0.15) is 5.10 Å². The van der Waals surface area contributed by atoms with Gasteiger partial charge in [0.1, 0.15) is 4.60 Å². The first-order chi connectivity index (χ1) is 9.08. The average Bonchev–Trinajstić information content (AvgIpc) is 2.67. The van der Waals surface area contributed by atoms with E-state index in [1.165, 1.54) is 28.1 Å². The Labute approximate surface area is 122 Å². The number of rotatable bonds is 1. The molecular formula is C15H18BrN3. The van der Waals surface area contributed by atoms with Gasteiger partial charge in [-0.1, -0.05) is 18.2 Å². The number of halogens is 1. The summed E-state index contributed by atoms with van der Waals surface area (Å²) in [5, 5.41) is 4.82. The Bertz CT molecular complexity index is 610. The van der Waals surface area contributed by atoms with Crippen LogP contribution in [0.3, 0.4) is 0 Å². The molecule has 1 aliphatic rings. The lowest BCUT2D eigenvalue weighted by Gasteiger charge is -2.21. The molecule has 4 heteroatoms. The number of benzene rings is 1. The van der Waals surface area contributed by atoms with Gasteiger partial charge < -0.3 is 4.90 Å². The predicted molar refractivity (Wildman–Crippen MR) is 80.8 cm³/mol. The lowest BCUT2D eigenvalue weighted by molar-refractivity contribution is 0.311. The molecule has 0 N–H and O–H groups in total. The fraction of sp³-hybridized carbons (Fsp3) is 0.400. The highest BCUT2D eigenvalue weighted by molar-refractivity contribution is 9.10. The third-order valence-electron chi connectivity index (χ3n) is 3.81. The van der Waals surface area contributed by atoms with Crippen LogP contribution < -0.4 is 0 Å². The summed E-state index contributed by atoms with van der Waals surface area (Å²) in [4.78, 5) is 2.34. The van der Waals surface area contributed by atoms with Crippen LogP contribution in [0.25, 0.3) is 5.69 Å². The third-order valence-corrected chi connectivity index (χ3v) is 4.63. The van der Waals surface area contributed by atoms with E-state index in [0.29, 0.717) is 0 Å². The van der Waals surface area contributed by atoms with E-state index in [0.717, 1.165) is 24.1 Å². The van der Waals surface area contributed by atoms with Crippen molar-refractivity contribution >= 4 is 15.9 Å². The van der Waals surface area contributed by atoms with Crippen LogP contribution >= 0.6 is 15.9 Å². The van der Waals surface area contributed by atoms with Crippen molar-refractivity contribution in [3.63, 3.8) is 0 Å². The standard InChI is InChI=1S/C15H18BrN3/c1-10-5-4-6-11(2)14(10)19-15(16)12-9-18(3)8-7-13(12)17-19/h4-6H,7-9H2,1-3H3. The number of aryl methyl sites for hydroxylation is 2. The molecule has 1 aromatic carbocycles. The molecule has 0 bridgehead atoms. The minimum atomic E-state index is 0.973. The van der Waals surface area contributed by atoms with Crippen molar-refractivity contribution < 1.29 is 0 Å². The Morgan fingerprint density at radius 1 is 1.21 bits per heavy atom. The van der Waals surface area contributed by atoms with Gasteiger partial charge in [-0.3, -0.25) is 0 Å². The summed E-state index contributed by atoms with van der Waals surface area (Å²) in [5.41, 5.74) is 6.28. The monoisotopic (exact) mass is 319 g/mol. The maximum absolute atomic E-state index is 4.82. The van der Waals surface area contributed by atoms with Gasteiger partial charge in [0, 0.05) is 25.1 Å². The van der Waals surface area contributed by atoms with E-state index in [1.54, 1.807) is 0 Å². The van der Waals surface area contributed by atoms with Crippen molar-refractivity contribution in [1.29, 1.82) is 0 Å². The van der Waals surface area contributed by atoms with E-state index in [4.69, 9.17) is 5.10 Å². The largest absolute Gasteiger partial charge is 0.302 e. The highest BCUT2D eigenvalue weighted by Gasteiger charge is 2.23. The molecular weight excluding hydrogens is 302 g/mol. The number of hydrogen-bond donors (Lipinski definition) is 0. The van der Waals surface area contributed by atoms with E-state index in [2.05, 4.69) is 64.6 Å². The molecule has 1 aromatic heterocycles. The summed E-state index contributed by atoms with van der Waals surface area (Å²) in [6.07, 6.45) is 1.03. The van der Waals surface area contributed by atoms with Crippen LogP contribution in [0.1, 0.15) is 22.4 Å². The highest BCUT2D eigenvalue weighted by Crippen LogP contribution is 2.30. The average molecular weight is 320 g/mol. The van der Waals surface area contributed by atoms with Crippen molar-refractivity contribution in [2.45, 2.75) is 26.8 Å². The molecule has 2 heterocycles. The zero-order valence-electron chi connectivity index (χ0n) is 11.6. The van der Waals surface area contributed by atoms with Crippen molar-refractivity contribution in [2.24, 2.45) is 0 Å². The van der Waals surface area contributed by atoms with Crippen LogP contribution in [0.15, 0.2) is 22.8 Å². The molecule has 0 atom stereocenters. The SMILES string of the molecule is Cc1cccc(C)c1-n1nc2c(c1Br)CN(C)CC2. The zero-order chi connectivity index (χ0) is 13.6. The molecule has 0 saturated heterocycles. The fourth-order valence-electron chi connectivity index (χ4n) is 2.76. The van der Waals surface area contributed by atoms with E-state index in [-0.39, 0.29) is 0 Å². The number of likely N-dealkylation sites (N-methyl/N-ethyl adjacent to an activating group) is 1. The smallest absolute Gasteiger partial charge is 0.114 e. The van der Waals surface area contributed by atoms with Gasteiger partial charge in [-0.15, -0.1) is 0 Å². The maximum atomic E-state index is 4.82. The van der Waals surface area contributed by atoms with Gasteiger partial charge in [-0.25, -0.2) is 4.68 Å². The van der Waals surface area contributed by atoms with Crippen LogP contribution in [0, 0.1) is 13.8 Å². The van der Waals surface area contributed by atoms with Crippen LogP contribution in [-0.4, -0.2) is 28.3 Å². The molecule has 0 aliphatic carbocycles. The highest BCUT2D eigenvalue weighted by atomic mass is 79.9. The molecule has 19 heavy (non-hydrogen) atoms. The minimum absolute atomic E-state index is 0.973. The second-order valence-electron chi connectivity index (χ2n) is 5.36. The number of hydrogen-bond acceptors (Lipinski definition) is 2. The van der Waals surface area contributed by atoms with Crippen LogP contribution in [0.2, 0.25) is 0 Å². The Balaban J connectivity index is 2.17. The summed E-state index contributed by atoms with van der Waals surface area (Å²) < 4.78 is 3.17. The molecule has 3 rings (SSSR count). The first-order valence-electron chi connectivity index (χ1n) is 6.59. The second kappa shape index (κ2) is 4.76. The first kappa shape index (κ1) is 12.9. The summed E-state index contributed by atoms with van der Waals surface area (Å²) in [5.74, 6) is 0. The molecule has 100 valence electrons. The van der Waals surface area contributed by atoms with E-state index in [9.17, 15) is 0 Å². The summed E-state index contributed by atoms with van der Waals surface area (Å²) in [6, 6.07) is 6.38. The quantitative estimate of drug-likeness (QED) is 0.804. The van der Waals surface area contributed by atoms with Crippen molar-refractivity contribution in [1.82, 2.24) is 14.7 Å². The second-order valence-corrected chi connectivity index (χ2v) is 6.11. The summed E-state index contributed by atoms with van der Waals surface area (Å²) in [7, 11) is 2.16. The van der Waals surface area contributed by atoms with Crippen LogP contribution in [0.5, 0.6) is 0 Å². The normalized spacial score (nSPS) is 15.6. The van der Waals surface area contributed by atoms with Gasteiger partial charge in [0.25, 0.3) is 0 Å². The molecule has 0 radical (unpaired) electrons. The topological polar surface area (TPSA) is 21.1 Å². The van der Waals surface area contributed by atoms with E-state index < -0.39 is 0 Å². The van der Waals surface area contributed by atoms with Gasteiger partial charge >= 0.3 is 0 Å². The molecule has 2 aromatic rings. The molecule has 0 unspecified atom stereocenters. The summed E-state index contributed by atoms with van der Waals surface area (Å²) in [6.45, 7) is 6.34. The molecule has 1 aliphatic heterocycles. The molecule has 0 spiro atoms. The number of aromatic nitrogens is 2. The Morgan fingerprint density at radius 3 is 2.58 bits per heavy atom. The molecule has 0 fully saturated rings. The van der Waals surface area contributed by atoms with Gasteiger partial charge in [0.15, 0.2) is 0 Å². The maximum Gasteiger partial charge on any atom is 0.114 e. The third kappa shape index (κ3) is 2.13. The fourth-order valence-corrected chi connectivity index (χ4v) is 3.37. The van der Waals surface area contributed by atoms with Gasteiger partial charge in [0.05, 0.1) is 11.4 Å². The molecule has 0 saturated carbocycles. The lowest BCUT2D eigenvalue weighted by atomic mass is 10.1. The van der Waals surface area contributed by atoms with Gasteiger partial charge in [0.2, 0.25) is 0 Å². The van der Waals surface area contributed by atoms with Crippen LogP contribution in [0.4, 0.5) is 0 Å². The zero-order valence-corrected chi connectivity index (χ0v) is 13.2. The number of para-hydroxylation sites is 1.